The number of rotatable bonds is 8. The maximum absolute atomic E-state index is 11.5. The lowest BCUT2D eigenvalue weighted by Gasteiger charge is -2.09. The molecule has 3 rings (SSSR count). The van der Waals surface area contributed by atoms with Crippen molar-refractivity contribution < 1.29 is 14.3 Å². The fraction of sp³-hybridized carbons (Fsp3) is 0.190. The Labute approximate surface area is 163 Å². The van der Waals surface area contributed by atoms with Crippen LogP contribution in [0.1, 0.15) is 15.9 Å². The van der Waals surface area contributed by atoms with E-state index in [2.05, 4.69) is 20.6 Å². The number of anilines is 3. The van der Waals surface area contributed by atoms with Crippen molar-refractivity contribution in [1.29, 1.82) is 0 Å². The molecule has 0 bridgehead atoms. The van der Waals surface area contributed by atoms with E-state index in [1.165, 1.54) is 12.7 Å². The molecule has 0 saturated carbocycles. The summed E-state index contributed by atoms with van der Waals surface area (Å²) in [6, 6.07) is 16.7. The molecule has 2 aromatic carbocycles. The molecule has 28 heavy (non-hydrogen) atoms. The Bertz CT molecular complexity index is 912. The van der Waals surface area contributed by atoms with Crippen molar-refractivity contribution in [2.45, 2.75) is 6.42 Å². The smallest absolute Gasteiger partial charge is 0.337 e. The van der Waals surface area contributed by atoms with Crippen molar-refractivity contribution in [2.75, 3.05) is 31.4 Å². The molecule has 0 saturated heterocycles. The van der Waals surface area contributed by atoms with Crippen LogP contribution in [0.4, 0.5) is 17.5 Å². The average Bonchev–Trinajstić information content (AvgIpc) is 2.74. The van der Waals surface area contributed by atoms with E-state index < -0.39 is 0 Å². The normalized spacial score (nSPS) is 10.2. The molecule has 0 aliphatic heterocycles. The van der Waals surface area contributed by atoms with Gasteiger partial charge in [0.2, 0.25) is 5.95 Å². The highest BCUT2D eigenvalue weighted by molar-refractivity contribution is 5.89. The van der Waals surface area contributed by atoms with Crippen LogP contribution >= 0.6 is 0 Å². The maximum atomic E-state index is 11.5. The first-order chi connectivity index (χ1) is 13.7. The second-order valence-electron chi connectivity index (χ2n) is 5.98. The van der Waals surface area contributed by atoms with Crippen LogP contribution < -0.4 is 15.4 Å². The quantitative estimate of drug-likeness (QED) is 0.579. The molecule has 0 unspecified atom stereocenters. The van der Waals surface area contributed by atoms with E-state index in [4.69, 9.17) is 9.47 Å². The number of nitrogens with zero attached hydrogens (tertiary/aromatic N) is 2. The molecule has 1 heterocycles. The summed E-state index contributed by atoms with van der Waals surface area (Å²) in [5.41, 5.74) is 2.51. The summed E-state index contributed by atoms with van der Waals surface area (Å²) in [6.07, 6.45) is 2.54. The molecule has 144 valence electrons. The number of esters is 1. The molecule has 0 aliphatic rings. The Kier molecular flexibility index (Phi) is 6.41. The summed E-state index contributed by atoms with van der Waals surface area (Å²) in [6.45, 7) is 0.712. The number of carbonyl (C=O) groups is 1. The van der Waals surface area contributed by atoms with E-state index in [0.717, 1.165) is 17.9 Å². The van der Waals surface area contributed by atoms with Crippen molar-refractivity contribution >= 4 is 23.4 Å². The number of ether oxygens (including phenoxy) is 2. The van der Waals surface area contributed by atoms with Gasteiger partial charge in [0.25, 0.3) is 0 Å². The van der Waals surface area contributed by atoms with Crippen LogP contribution in [0.25, 0.3) is 0 Å². The van der Waals surface area contributed by atoms with Crippen molar-refractivity contribution in [3.05, 3.63) is 71.9 Å². The zero-order valence-electron chi connectivity index (χ0n) is 15.8. The largest absolute Gasteiger partial charge is 0.497 e. The minimum Gasteiger partial charge on any atom is -0.497 e. The van der Waals surface area contributed by atoms with Gasteiger partial charge in [-0.1, -0.05) is 12.1 Å². The average molecular weight is 378 g/mol. The summed E-state index contributed by atoms with van der Waals surface area (Å²) < 4.78 is 9.86. The third-order valence-corrected chi connectivity index (χ3v) is 4.09. The fourth-order valence-corrected chi connectivity index (χ4v) is 2.58. The van der Waals surface area contributed by atoms with E-state index in [1.807, 2.05) is 24.3 Å². The number of aromatic nitrogens is 2. The Morgan fingerprint density at radius 1 is 1.00 bits per heavy atom. The van der Waals surface area contributed by atoms with Gasteiger partial charge in [-0.25, -0.2) is 9.78 Å². The van der Waals surface area contributed by atoms with Crippen molar-refractivity contribution in [2.24, 2.45) is 0 Å². The first-order valence-corrected chi connectivity index (χ1v) is 8.83. The van der Waals surface area contributed by atoms with E-state index in [9.17, 15) is 4.79 Å². The minimum absolute atomic E-state index is 0.364. The Morgan fingerprint density at radius 2 is 1.75 bits per heavy atom. The second-order valence-corrected chi connectivity index (χ2v) is 5.98. The van der Waals surface area contributed by atoms with Crippen molar-refractivity contribution in [3.8, 4) is 5.75 Å². The first-order valence-electron chi connectivity index (χ1n) is 8.83. The van der Waals surface area contributed by atoms with Crippen LogP contribution in [0.5, 0.6) is 5.75 Å². The van der Waals surface area contributed by atoms with E-state index >= 15 is 0 Å². The molecule has 0 amide bonds. The van der Waals surface area contributed by atoms with Gasteiger partial charge < -0.3 is 20.1 Å². The molecule has 0 aliphatic carbocycles. The summed E-state index contributed by atoms with van der Waals surface area (Å²) in [5.74, 6) is 1.69. The van der Waals surface area contributed by atoms with Crippen molar-refractivity contribution in [1.82, 2.24) is 9.97 Å². The molecule has 3 aromatic rings. The molecule has 7 heteroatoms. The Hall–Kier alpha value is -3.61. The van der Waals surface area contributed by atoms with Gasteiger partial charge in [0.05, 0.1) is 19.8 Å². The van der Waals surface area contributed by atoms with Gasteiger partial charge in [-0.3, -0.25) is 0 Å². The minimum atomic E-state index is -0.364. The molecular formula is C21H22N4O3. The van der Waals surface area contributed by atoms with Crippen LogP contribution in [-0.2, 0) is 11.2 Å². The SMILES string of the molecule is COC(=O)c1ccc(Nc2ccnc(NCCc3ccc(OC)cc3)n2)cc1. The van der Waals surface area contributed by atoms with Gasteiger partial charge in [-0.15, -0.1) is 0 Å². The molecule has 0 radical (unpaired) electrons. The Balaban J connectivity index is 1.55. The highest BCUT2D eigenvalue weighted by atomic mass is 16.5. The van der Waals surface area contributed by atoms with Gasteiger partial charge in [0.15, 0.2) is 0 Å². The van der Waals surface area contributed by atoms with Crippen LogP contribution in [0.3, 0.4) is 0 Å². The van der Waals surface area contributed by atoms with E-state index in [0.29, 0.717) is 23.9 Å². The van der Waals surface area contributed by atoms with Crippen LogP contribution in [0.15, 0.2) is 60.8 Å². The number of benzene rings is 2. The third kappa shape index (κ3) is 5.20. The van der Waals surface area contributed by atoms with Gasteiger partial charge in [-0.05, 0) is 54.4 Å². The zero-order valence-corrected chi connectivity index (χ0v) is 15.8. The number of hydrogen-bond donors (Lipinski definition) is 2. The predicted molar refractivity (Wildman–Crippen MR) is 108 cm³/mol. The standard InChI is InChI=1S/C21H22N4O3/c1-27-18-9-3-15(4-10-18)11-13-22-21-23-14-12-19(25-21)24-17-7-5-16(6-8-17)20(26)28-2/h3-10,12,14H,11,13H2,1-2H3,(H2,22,23,24,25). The lowest BCUT2D eigenvalue weighted by molar-refractivity contribution is 0.0601. The number of carbonyl (C=O) groups excluding carboxylic acids is 1. The van der Waals surface area contributed by atoms with E-state index in [-0.39, 0.29) is 5.97 Å². The lowest BCUT2D eigenvalue weighted by atomic mass is 10.1. The van der Waals surface area contributed by atoms with Gasteiger partial charge in [0, 0.05) is 18.4 Å². The summed E-state index contributed by atoms with van der Waals surface area (Å²) in [4.78, 5) is 20.2. The zero-order chi connectivity index (χ0) is 19.8. The molecule has 7 nitrogen and oxygen atoms in total. The molecule has 0 atom stereocenters. The molecule has 1 aromatic heterocycles. The maximum Gasteiger partial charge on any atom is 0.337 e. The van der Waals surface area contributed by atoms with Gasteiger partial charge in [-0.2, -0.15) is 4.98 Å². The first kappa shape index (κ1) is 19.2. The molecule has 0 spiro atoms. The van der Waals surface area contributed by atoms with Crippen LogP contribution in [0.2, 0.25) is 0 Å². The number of nitrogens with one attached hydrogen (secondary N) is 2. The third-order valence-electron chi connectivity index (χ3n) is 4.09. The molecule has 2 N–H and O–H groups in total. The highest BCUT2D eigenvalue weighted by Gasteiger charge is 2.05. The predicted octanol–water partition coefficient (Wildman–Crippen LogP) is 3.67. The number of methoxy groups -OCH3 is 2. The highest BCUT2D eigenvalue weighted by Crippen LogP contribution is 2.17. The van der Waals surface area contributed by atoms with Crippen LogP contribution in [-0.4, -0.2) is 36.7 Å². The summed E-state index contributed by atoms with van der Waals surface area (Å²) in [7, 11) is 3.01. The second kappa shape index (κ2) is 9.36. The fourth-order valence-electron chi connectivity index (χ4n) is 2.58. The number of hydrogen-bond acceptors (Lipinski definition) is 7. The van der Waals surface area contributed by atoms with Crippen molar-refractivity contribution in [3.63, 3.8) is 0 Å². The topological polar surface area (TPSA) is 85.4 Å². The van der Waals surface area contributed by atoms with E-state index in [1.54, 1.807) is 43.6 Å². The molecule has 0 fully saturated rings. The van der Waals surface area contributed by atoms with Gasteiger partial charge in [0.1, 0.15) is 11.6 Å². The molecular weight excluding hydrogens is 356 g/mol. The monoisotopic (exact) mass is 378 g/mol. The summed E-state index contributed by atoms with van der Waals surface area (Å²) >= 11 is 0. The van der Waals surface area contributed by atoms with Gasteiger partial charge >= 0.3 is 5.97 Å². The van der Waals surface area contributed by atoms with Crippen LogP contribution in [0, 0.1) is 0 Å². The Morgan fingerprint density at radius 3 is 2.43 bits per heavy atom. The summed E-state index contributed by atoms with van der Waals surface area (Å²) in [5, 5.41) is 6.42. The lowest BCUT2D eigenvalue weighted by Crippen LogP contribution is -2.08.